The second-order valence-corrected chi connectivity index (χ2v) is 4.59. The molecular formula is C14H19N3. The quantitative estimate of drug-likeness (QED) is 0.873. The smallest absolute Gasteiger partial charge is 0.0518 e. The highest BCUT2D eigenvalue weighted by atomic mass is 15.3. The fourth-order valence-corrected chi connectivity index (χ4v) is 2.03. The van der Waals surface area contributed by atoms with Crippen LogP contribution in [0.4, 0.5) is 0 Å². The molecule has 1 aromatic heterocycles. The van der Waals surface area contributed by atoms with Crippen molar-refractivity contribution >= 4 is 0 Å². The molecule has 1 heterocycles. The lowest BCUT2D eigenvalue weighted by molar-refractivity contribution is 0.521. The fourth-order valence-electron chi connectivity index (χ4n) is 2.03. The molecule has 3 heteroatoms. The number of hydrogen-bond acceptors (Lipinski definition) is 2. The second-order valence-electron chi connectivity index (χ2n) is 4.59. The molecule has 0 saturated heterocycles. The number of nitrogens with two attached hydrogens (primary N) is 1. The third-order valence-electron chi connectivity index (χ3n) is 2.97. The van der Waals surface area contributed by atoms with Crippen molar-refractivity contribution in [2.75, 3.05) is 6.54 Å². The van der Waals surface area contributed by atoms with Gasteiger partial charge in [-0.1, -0.05) is 29.8 Å². The van der Waals surface area contributed by atoms with Gasteiger partial charge in [0.05, 0.1) is 6.20 Å². The van der Waals surface area contributed by atoms with Crippen LogP contribution in [0.3, 0.4) is 0 Å². The van der Waals surface area contributed by atoms with Gasteiger partial charge in [0.2, 0.25) is 0 Å². The minimum atomic E-state index is 0.328. The second kappa shape index (κ2) is 5.15. The summed E-state index contributed by atoms with van der Waals surface area (Å²) in [5.41, 5.74) is 9.62. The Morgan fingerprint density at radius 1 is 1.29 bits per heavy atom. The summed E-state index contributed by atoms with van der Waals surface area (Å²) in [5, 5.41) is 4.31. The predicted octanol–water partition coefficient (Wildman–Crippen LogP) is 2.24. The Morgan fingerprint density at radius 3 is 2.71 bits per heavy atom. The molecule has 0 fully saturated rings. The molecule has 90 valence electrons. The van der Waals surface area contributed by atoms with E-state index in [4.69, 9.17) is 5.73 Å². The Bertz CT molecular complexity index is 488. The van der Waals surface area contributed by atoms with Gasteiger partial charge in [-0.15, -0.1) is 0 Å². The van der Waals surface area contributed by atoms with Crippen molar-refractivity contribution in [1.82, 2.24) is 9.78 Å². The van der Waals surface area contributed by atoms with Gasteiger partial charge < -0.3 is 5.73 Å². The zero-order valence-electron chi connectivity index (χ0n) is 10.4. The van der Waals surface area contributed by atoms with Gasteiger partial charge in [0.25, 0.3) is 0 Å². The SMILES string of the molecule is Cc1cccc(C(CN)Cn2cc(C)cn2)c1. The maximum atomic E-state index is 5.87. The Hall–Kier alpha value is -1.61. The Balaban J connectivity index is 2.16. The van der Waals surface area contributed by atoms with Crippen LogP contribution in [-0.2, 0) is 6.54 Å². The van der Waals surface area contributed by atoms with E-state index < -0.39 is 0 Å². The molecule has 2 N–H and O–H groups in total. The molecular weight excluding hydrogens is 210 g/mol. The summed E-state index contributed by atoms with van der Waals surface area (Å²) in [6.07, 6.45) is 3.93. The first-order valence-corrected chi connectivity index (χ1v) is 5.94. The lowest BCUT2D eigenvalue weighted by atomic mass is 9.98. The van der Waals surface area contributed by atoms with Gasteiger partial charge in [-0.25, -0.2) is 0 Å². The maximum absolute atomic E-state index is 5.87. The van der Waals surface area contributed by atoms with Crippen LogP contribution in [0.5, 0.6) is 0 Å². The van der Waals surface area contributed by atoms with E-state index in [0.717, 1.165) is 6.54 Å². The van der Waals surface area contributed by atoms with E-state index in [9.17, 15) is 0 Å². The van der Waals surface area contributed by atoms with Crippen molar-refractivity contribution in [1.29, 1.82) is 0 Å². The van der Waals surface area contributed by atoms with Crippen molar-refractivity contribution < 1.29 is 0 Å². The molecule has 0 amide bonds. The molecule has 0 aliphatic rings. The predicted molar refractivity (Wildman–Crippen MR) is 69.9 cm³/mol. The number of rotatable bonds is 4. The zero-order chi connectivity index (χ0) is 12.3. The lowest BCUT2D eigenvalue weighted by Crippen LogP contribution is -2.18. The van der Waals surface area contributed by atoms with Crippen LogP contribution in [0.15, 0.2) is 36.7 Å². The summed E-state index contributed by atoms with van der Waals surface area (Å²) in [5.74, 6) is 0.328. The molecule has 1 unspecified atom stereocenters. The average molecular weight is 229 g/mol. The molecule has 0 radical (unpaired) electrons. The van der Waals surface area contributed by atoms with Crippen molar-refractivity contribution in [2.45, 2.75) is 26.3 Å². The van der Waals surface area contributed by atoms with E-state index in [-0.39, 0.29) is 0 Å². The maximum Gasteiger partial charge on any atom is 0.0518 e. The summed E-state index contributed by atoms with van der Waals surface area (Å²) in [6, 6.07) is 8.53. The minimum absolute atomic E-state index is 0.328. The molecule has 0 spiro atoms. The van der Waals surface area contributed by atoms with Crippen LogP contribution in [0.2, 0.25) is 0 Å². The van der Waals surface area contributed by atoms with Crippen LogP contribution in [0.1, 0.15) is 22.6 Å². The third kappa shape index (κ3) is 2.94. The molecule has 1 atom stereocenters. The molecule has 3 nitrogen and oxygen atoms in total. The summed E-state index contributed by atoms with van der Waals surface area (Å²) in [6.45, 7) is 5.64. The highest BCUT2D eigenvalue weighted by molar-refractivity contribution is 5.25. The van der Waals surface area contributed by atoms with E-state index >= 15 is 0 Å². The van der Waals surface area contributed by atoms with Crippen molar-refractivity contribution in [2.24, 2.45) is 5.73 Å². The minimum Gasteiger partial charge on any atom is -0.330 e. The van der Waals surface area contributed by atoms with Crippen molar-refractivity contribution in [3.8, 4) is 0 Å². The van der Waals surface area contributed by atoms with E-state index in [2.05, 4.69) is 42.5 Å². The average Bonchev–Trinajstić information content (AvgIpc) is 2.72. The lowest BCUT2D eigenvalue weighted by Gasteiger charge is -2.15. The zero-order valence-corrected chi connectivity index (χ0v) is 10.4. The van der Waals surface area contributed by atoms with E-state index in [0.29, 0.717) is 12.5 Å². The molecule has 0 saturated carbocycles. The highest BCUT2D eigenvalue weighted by Gasteiger charge is 2.11. The molecule has 0 bridgehead atoms. The Kier molecular flexibility index (Phi) is 3.59. The first-order chi connectivity index (χ1) is 8.19. The Morgan fingerprint density at radius 2 is 2.12 bits per heavy atom. The van der Waals surface area contributed by atoms with Gasteiger partial charge in [-0.05, 0) is 25.0 Å². The molecule has 2 rings (SSSR count). The van der Waals surface area contributed by atoms with E-state index in [1.165, 1.54) is 16.7 Å². The Labute approximate surface area is 102 Å². The summed E-state index contributed by atoms with van der Waals surface area (Å²) in [4.78, 5) is 0. The van der Waals surface area contributed by atoms with Crippen LogP contribution in [-0.4, -0.2) is 16.3 Å². The highest BCUT2D eigenvalue weighted by Crippen LogP contribution is 2.18. The number of benzene rings is 1. The molecule has 2 aromatic rings. The fraction of sp³-hybridized carbons (Fsp3) is 0.357. The summed E-state index contributed by atoms with van der Waals surface area (Å²) < 4.78 is 1.97. The number of aromatic nitrogens is 2. The topological polar surface area (TPSA) is 43.8 Å². The van der Waals surface area contributed by atoms with Gasteiger partial charge in [-0.3, -0.25) is 4.68 Å². The van der Waals surface area contributed by atoms with E-state index in [1.54, 1.807) is 0 Å². The monoisotopic (exact) mass is 229 g/mol. The van der Waals surface area contributed by atoms with Gasteiger partial charge in [0, 0.05) is 25.2 Å². The first kappa shape index (κ1) is 11.9. The number of hydrogen-bond donors (Lipinski definition) is 1. The third-order valence-corrected chi connectivity index (χ3v) is 2.97. The summed E-state index contributed by atoms with van der Waals surface area (Å²) >= 11 is 0. The summed E-state index contributed by atoms with van der Waals surface area (Å²) in [7, 11) is 0. The normalized spacial score (nSPS) is 12.6. The van der Waals surface area contributed by atoms with Gasteiger partial charge in [-0.2, -0.15) is 5.10 Å². The number of nitrogens with zero attached hydrogens (tertiary/aromatic N) is 2. The van der Waals surface area contributed by atoms with Crippen LogP contribution in [0, 0.1) is 13.8 Å². The first-order valence-electron chi connectivity index (χ1n) is 5.94. The molecule has 0 aliphatic heterocycles. The van der Waals surface area contributed by atoms with E-state index in [1.807, 2.05) is 17.8 Å². The molecule has 17 heavy (non-hydrogen) atoms. The van der Waals surface area contributed by atoms with Crippen LogP contribution in [0.25, 0.3) is 0 Å². The van der Waals surface area contributed by atoms with Crippen LogP contribution >= 0.6 is 0 Å². The molecule has 0 aliphatic carbocycles. The van der Waals surface area contributed by atoms with Crippen molar-refractivity contribution in [3.05, 3.63) is 53.3 Å². The molecule has 1 aromatic carbocycles. The van der Waals surface area contributed by atoms with Gasteiger partial charge >= 0.3 is 0 Å². The standard InChI is InChI=1S/C14H19N3/c1-11-4-3-5-13(6-11)14(7-15)10-17-9-12(2)8-16-17/h3-6,8-9,14H,7,10,15H2,1-2H3. The van der Waals surface area contributed by atoms with Gasteiger partial charge in [0.1, 0.15) is 0 Å². The largest absolute Gasteiger partial charge is 0.330 e. The van der Waals surface area contributed by atoms with Gasteiger partial charge in [0.15, 0.2) is 0 Å². The van der Waals surface area contributed by atoms with Crippen LogP contribution < -0.4 is 5.73 Å². The number of aryl methyl sites for hydroxylation is 2. The van der Waals surface area contributed by atoms with Crippen molar-refractivity contribution in [3.63, 3.8) is 0 Å².